The van der Waals surface area contributed by atoms with Gasteiger partial charge in [0.1, 0.15) is 0 Å². The molecule has 2 aromatic carbocycles. The number of H-pyrrole nitrogens is 1. The van der Waals surface area contributed by atoms with Crippen molar-refractivity contribution in [3.8, 4) is 0 Å². The number of carbonyl (C=O) groups excluding carboxylic acids is 2. The Balaban J connectivity index is 1.60. The first-order chi connectivity index (χ1) is 11.1. The molecule has 7 heteroatoms. The normalized spacial score (nSPS) is 10.3. The molecule has 0 bridgehead atoms. The molecule has 4 N–H and O–H groups in total. The average Bonchev–Trinajstić information content (AvgIpc) is 2.99. The zero-order valence-corrected chi connectivity index (χ0v) is 12.6. The first-order valence-corrected chi connectivity index (χ1v) is 7.20. The van der Waals surface area contributed by atoms with Crippen molar-refractivity contribution in [3.05, 3.63) is 65.3 Å². The summed E-state index contributed by atoms with van der Waals surface area (Å²) in [4.78, 5) is 26.9. The maximum Gasteiger partial charge on any atom is 0.337 e. The predicted molar refractivity (Wildman–Crippen MR) is 89.4 cm³/mol. The molecule has 6 nitrogen and oxygen atoms in total. The topological polar surface area (TPSA) is 86.0 Å². The van der Waals surface area contributed by atoms with Crippen molar-refractivity contribution in [1.29, 1.82) is 0 Å². The number of urea groups is 1. The van der Waals surface area contributed by atoms with Crippen LogP contribution in [-0.4, -0.2) is 16.9 Å². The Kier molecular flexibility index (Phi) is 4.16. The van der Waals surface area contributed by atoms with E-state index in [1.807, 2.05) is 24.3 Å². The first-order valence-electron chi connectivity index (χ1n) is 6.82. The fourth-order valence-corrected chi connectivity index (χ4v) is 2.26. The van der Waals surface area contributed by atoms with Gasteiger partial charge in [-0.1, -0.05) is 29.8 Å². The van der Waals surface area contributed by atoms with Crippen molar-refractivity contribution in [2.45, 2.75) is 0 Å². The summed E-state index contributed by atoms with van der Waals surface area (Å²) in [6.07, 6.45) is 1.60. The number of nitrogens with one attached hydrogen (secondary N) is 4. The number of anilines is 1. The van der Waals surface area contributed by atoms with E-state index in [-0.39, 0.29) is 0 Å². The SMILES string of the molecule is O=C(NNC(=O)c1c[nH]c2ccccc12)Nc1ccc(Cl)cc1. The molecule has 116 valence electrons. The highest BCUT2D eigenvalue weighted by atomic mass is 35.5. The Hall–Kier alpha value is -2.99. The van der Waals surface area contributed by atoms with Crippen LogP contribution in [0.4, 0.5) is 10.5 Å². The molecule has 0 saturated heterocycles. The van der Waals surface area contributed by atoms with Crippen LogP contribution in [0.25, 0.3) is 10.9 Å². The number of amides is 3. The molecule has 3 rings (SSSR count). The lowest BCUT2D eigenvalue weighted by Gasteiger charge is -2.08. The van der Waals surface area contributed by atoms with Crippen LogP contribution in [-0.2, 0) is 0 Å². The number of hydrogen-bond donors (Lipinski definition) is 4. The maximum atomic E-state index is 12.1. The number of hydrogen-bond acceptors (Lipinski definition) is 2. The minimum atomic E-state index is -0.555. The molecule has 23 heavy (non-hydrogen) atoms. The zero-order chi connectivity index (χ0) is 16.2. The number of fused-ring (bicyclic) bond motifs is 1. The van der Waals surface area contributed by atoms with Crippen molar-refractivity contribution in [2.75, 3.05) is 5.32 Å². The highest BCUT2D eigenvalue weighted by molar-refractivity contribution is 6.30. The number of para-hydroxylation sites is 1. The van der Waals surface area contributed by atoms with Crippen LogP contribution in [0.2, 0.25) is 5.02 Å². The number of halogens is 1. The van der Waals surface area contributed by atoms with Crippen LogP contribution >= 0.6 is 11.6 Å². The summed E-state index contributed by atoms with van der Waals surface area (Å²) in [6, 6.07) is 13.5. The van der Waals surface area contributed by atoms with Crippen molar-refractivity contribution >= 4 is 40.1 Å². The summed E-state index contributed by atoms with van der Waals surface area (Å²) in [5.74, 6) is -0.409. The molecule has 0 spiro atoms. The second kappa shape index (κ2) is 6.41. The van der Waals surface area contributed by atoms with Crippen LogP contribution in [0.1, 0.15) is 10.4 Å². The Labute approximate surface area is 136 Å². The van der Waals surface area contributed by atoms with Gasteiger partial charge in [-0.2, -0.15) is 0 Å². The summed E-state index contributed by atoms with van der Waals surface area (Å²) in [5.41, 5.74) is 6.53. The monoisotopic (exact) mass is 328 g/mol. The summed E-state index contributed by atoms with van der Waals surface area (Å²) < 4.78 is 0. The number of aromatic nitrogens is 1. The van der Waals surface area contributed by atoms with Gasteiger partial charge >= 0.3 is 6.03 Å². The fraction of sp³-hybridized carbons (Fsp3) is 0. The van der Waals surface area contributed by atoms with Gasteiger partial charge in [-0.25, -0.2) is 10.2 Å². The molecule has 1 aromatic heterocycles. The highest BCUT2D eigenvalue weighted by Crippen LogP contribution is 2.17. The molecule has 0 aliphatic carbocycles. The molecule has 0 fully saturated rings. The van der Waals surface area contributed by atoms with Gasteiger partial charge in [0.2, 0.25) is 0 Å². The van der Waals surface area contributed by atoms with Crippen molar-refractivity contribution in [2.24, 2.45) is 0 Å². The van der Waals surface area contributed by atoms with Crippen LogP contribution in [0.15, 0.2) is 54.7 Å². The third-order valence-electron chi connectivity index (χ3n) is 3.23. The number of rotatable bonds is 2. The van der Waals surface area contributed by atoms with E-state index in [4.69, 9.17) is 11.6 Å². The third-order valence-corrected chi connectivity index (χ3v) is 3.48. The first kappa shape index (κ1) is 14.9. The van der Waals surface area contributed by atoms with Gasteiger partial charge < -0.3 is 10.3 Å². The fourth-order valence-electron chi connectivity index (χ4n) is 2.14. The van der Waals surface area contributed by atoms with Crippen LogP contribution in [0.3, 0.4) is 0 Å². The molecule has 0 unspecified atom stereocenters. The molecular formula is C16H13ClN4O2. The lowest BCUT2D eigenvalue weighted by molar-refractivity contribution is 0.0939. The Morgan fingerprint density at radius 3 is 2.48 bits per heavy atom. The summed E-state index contributed by atoms with van der Waals surface area (Å²) in [7, 11) is 0. The molecule has 0 radical (unpaired) electrons. The van der Waals surface area contributed by atoms with E-state index in [2.05, 4.69) is 21.2 Å². The number of carbonyl (C=O) groups is 2. The second-order valence-corrected chi connectivity index (χ2v) is 5.22. The van der Waals surface area contributed by atoms with Gasteiger partial charge in [-0.05, 0) is 30.3 Å². The van der Waals surface area contributed by atoms with Gasteiger partial charge in [0.25, 0.3) is 5.91 Å². The van der Waals surface area contributed by atoms with Crippen molar-refractivity contribution < 1.29 is 9.59 Å². The largest absolute Gasteiger partial charge is 0.360 e. The Morgan fingerprint density at radius 2 is 1.70 bits per heavy atom. The third kappa shape index (κ3) is 3.44. The quantitative estimate of drug-likeness (QED) is 0.544. The Bertz CT molecular complexity index is 858. The van der Waals surface area contributed by atoms with E-state index in [0.717, 1.165) is 10.9 Å². The van der Waals surface area contributed by atoms with E-state index in [1.165, 1.54) is 0 Å². The molecule has 0 saturated carbocycles. The maximum absolute atomic E-state index is 12.1. The van der Waals surface area contributed by atoms with E-state index in [1.54, 1.807) is 30.5 Å². The minimum absolute atomic E-state index is 0.409. The lowest BCUT2D eigenvalue weighted by atomic mass is 10.2. The molecule has 3 aromatic rings. The van der Waals surface area contributed by atoms with Gasteiger partial charge in [0, 0.05) is 27.8 Å². The van der Waals surface area contributed by atoms with Crippen LogP contribution in [0, 0.1) is 0 Å². The summed E-state index contributed by atoms with van der Waals surface area (Å²) in [6.45, 7) is 0. The number of benzene rings is 2. The smallest absolute Gasteiger partial charge is 0.337 e. The van der Waals surface area contributed by atoms with Gasteiger partial charge in [-0.15, -0.1) is 0 Å². The second-order valence-electron chi connectivity index (χ2n) is 4.79. The highest BCUT2D eigenvalue weighted by Gasteiger charge is 2.12. The van der Waals surface area contributed by atoms with Crippen LogP contribution in [0.5, 0.6) is 0 Å². The number of hydrazine groups is 1. The average molecular weight is 329 g/mol. The lowest BCUT2D eigenvalue weighted by Crippen LogP contribution is -2.43. The van der Waals surface area contributed by atoms with E-state index < -0.39 is 11.9 Å². The molecule has 1 heterocycles. The van der Waals surface area contributed by atoms with E-state index in [0.29, 0.717) is 16.3 Å². The molecule has 0 aliphatic rings. The zero-order valence-electron chi connectivity index (χ0n) is 11.9. The summed E-state index contributed by atoms with van der Waals surface area (Å²) >= 11 is 5.77. The van der Waals surface area contributed by atoms with Gasteiger partial charge in [0.15, 0.2) is 0 Å². The standard InChI is InChI=1S/C16H13ClN4O2/c17-10-5-7-11(8-6-10)19-16(23)21-20-15(22)13-9-18-14-4-2-1-3-12(13)14/h1-9,18H,(H,20,22)(H2,19,21,23). The predicted octanol–water partition coefficient (Wildman–Crippen LogP) is 3.29. The molecule has 3 amide bonds. The molecular weight excluding hydrogens is 316 g/mol. The Morgan fingerprint density at radius 1 is 0.957 bits per heavy atom. The molecule has 0 aliphatic heterocycles. The van der Waals surface area contributed by atoms with Crippen molar-refractivity contribution in [1.82, 2.24) is 15.8 Å². The van der Waals surface area contributed by atoms with E-state index >= 15 is 0 Å². The van der Waals surface area contributed by atoms with Crippen molar-refractivity contribution in [3.63, 3.8) is 0 Å². The minimum Gasteiger partial charge on any atom is -0.360 e. The molecule has 0 atom stereocenters. The summed E-state index contributed by atoms with van der Waals surface area (Å²) in [5, 5.41) is 3.93. The number of aromatic amines is 1. The van der Waals surface area contributed by atoms with Crippen LogP contribution < -0.4 is 16.2 Å². The van der Waals surface area contributed by atoms with E-state index in [9.17, 15) is 9.59 Å². The van der Waals surface area contributed by atoms with Gasteiger partial charge in [-0.3, -0.25) is 10.2 Å². The van der Waals surface area contributed by atoms with Gasteiger partial charge in [0.05, 0.1) is 5.56 Å².